The maximum absolute atomic E-state index is 14.5. The van der Waals surface area contributed by atoms with Gasteiger partial charge in [-0.15, -0.1) is 0 Å². The number of amides is 4. The van der Waals surface area contributed by atoms with E-state index in [9.17, 15) is 29.1 Å². The summed E-state index contributed by atoms with van der Waals surface area (Å²) in [4.78, 5) is 73.8. The van der Waals surface area contributed by atoms with Crippen LogP contribution in [0.15, 0.2) is 30.3 Å². The quantitative estimate of drug-likeness (QED) is 0.0944. The van der Waals surface area contributed by atoms with Crippen molar-refractivity contribution in [1.82, 2.24) is 30.7 Å². The third kappa shape index (κ3) is 15.1. The summed E-state index contributed by atoms with van der Waals surface area (Å²) in [5.74, 6) is -3.20. The highest BCUT2D eigenvalue weighted by Gasteiger charge is 2.43. The Bertz CT molecular complexity index is 1450. The van der Waals surface area contributed by atoms with Crippen molar-refractivity contribution in [3.8, 4) is 0 Å². The lowest BCUT2D eigenvalue weighted by atomic mass is 9.89. The standard InChI is InChI=1S/C45H78N6O8/c1-13-31(7)40(50(10)44(55)38(29(3)4)48-43(54)39(30(5)6)49(9)25-19-18-24-46-14-2)36(58-11)28-37(52)51-26-20-23-35(51)41(59-12)32(8)42(53)47-34(45(56)57)27-33-21-16-15-17-22-33/h15-17,21-22,29-32,34-36,38-41,46H,13-14,18-20,23-28H2,1-12H3,(H,47,53)(H,48,54)(H,56,57)/t31-,32+,34-,35-,36+,38-,39-,40-,41+/m0/s1. The number of likely N-dealkylation sites (tertiary alicyclic amines) is 1. The molecule has 0 spiro atoms. The van der Waals surface area contributed by atoms with Crippen molar-refractivity contribution in [3.63, 3.8) is 0 Å². The van der Waals surface area contributed by atoms with Crippen LogP contribution in [0.4, 0.5) is 0 Å². The van der Waals surface area contributed by atoms with Crippen LogP contribution >= 0.6 is 0 Å². The van der Waals surface area contributed by atoms with Crippen LogP contribution in [-0.2, 0) is 39.9 Å². The first-order valence-corrected chi connectivity index (χ1v) is 21.8. The van der Waals surface area contributed by atoms with E-state index in [2.05, 4.69) is 27.8 Å². The van der Waals surface area contributed by atoms with Crippen molar-refractivity contribution in [2.24, 2.45) is 23.7 Å². The van der Waals surface area contributed by atoms with Gasteiger partial charge in [-0.3, -0.25) is 24.1 Å². The number of nitrogens with one attached hydrogen (secondary N) is 3. The lowest BCUT2D eigenvalue weighted by Gasteiger charge is -2.41. The summed E-state index contributed by atoms with van der Waals surface area (Å²) < 4.78 is 11.9. The molecule has 336 valence electrons. The number of carbonyl (C=O) groups is 5. The van der Waals surface area contributed by atoms with Gasteiger partial charge in [0.2, 0.25) is 23.6 Å². The van der Waals surface area contributed by atoms with E-state index in [0.717, 1.165) is 44.5 Å². The predicted octanol–water partition coefficient (Wildman–Crippen LogP) is 4.21. The fourth-order valence-corrected chi connectivity index (χ4v) is 8.57. The maximum Gasteiger partial charge on any atom is 0.326 e. The van der Waals surface area contributed by atoms with Crippen LogP contribution in [0, 0.1) is 23.7 Å². The fourth-order valence-electron chi connectivity index (χ4n) is 8.57. The molecule has 0 aromatic heterocycles. The molecule has 1 aliphatic heterocycles. The third-order valence-corrected chi connectivity index (χ3v) is 12.1. The van der Waals surface area contributed by atoms with Crippen LogP contribution in [-0.4, -0.2) is 146 Å². The second-order valence-electron chi connectivity index (χ2n) is 17.1. The summed E-state index contributed by atoms with van der Waals surface area (Å²) in [7, 11) is 6.75. The average molecular weight is 831 g/mol. The number of hydrogen-bond donors (Lipinski definition) is 4. The van der Waals surface area contributed by atoms with Gasteiger partial charge in [0.05, 0.1) is 42.7 Å². The number of carbonyl (C=O) groups excluding carboxylic acids is 4. The number of aliphatic carboxylic acids is 1. The zero-order valence-electron chi connectivity index (χ0n) is 38.2. The first-order valence-electron chi connectivity index (χ1n) is 21.8. The second kappa shape index (κ2) is 25.9. The van der Waals surface area contributed by atoms with Crippen molar-refractivity contribution < 1.29 is 38.6 Å². The molecular weight excluding hydrogens is 753 g/mol. The van der Waals surface area contributed by atoms with Gasteiger partial charge < -0.3 is 40.3 Å². The third-order valence-electron chi connectivity index (χ3n) is 12.1. The first kappa shape index (κ1) is 51.6. The topological polar surface area (TPSA) is 170 Å². The van der Waals surface area contributed by atoms with Crippen LogP contribution in [0.1, 0.15) is 99.5 Å². The zero-order chi connectivity index (χ0) is 44.4. The number of benzene rings is 1. The van der Waals surface area contributed by atoms with Crippen LogP contribution < -0.4 is 16.0 Å². The first-order chi connectivity index (χ1) is 27.9. The van der Waals surface area contributed by atoms with Crippen molar-refractivity contribution >= 4 is 29.6 Å². The van der Waals surface area contributed by atoms with Crippen LogP contribution in [0.5, 0.6) is 0 Å². The van der Waals surface area contributed by atoms with Gasteiger partial charge in [-0.25, -0.2) is 4.79 Å². The van der Waals surface area contributed by atoms with E-state index >= 15 is 0 Å². The molecule has 1 aliphatic rings. The Labute approximate surface area is 354 Å². The van der Waals surface area contributed by atoms with Gasteiger partial charge in [-0.05, 0) is 75.7 Å². The number of carboxylic acid groups (broad SMARTS) is 1. The highest BCUT2D eigenvalue weighted by Crippen LogP contribution is 2.30. The number of ether oxygens (including phenoxy) is 2. The Hall–Kier alpha value is -3.59. The van der Waals surface area contributed by atoms with Crippen LogP contribution in [0.2, 0.25) is 0 Å². The summed E-state index contributed by atoms with van der Waals surface area (Å²) in [5.41, 5.74) is 0.786. The zero-order valence-corrected chi connectivity index (χ0v) is 38.2. The van der Waals surface area contributed by atoms with Crippen molar-refractivity contribution in [2.75, 3.05) is 54.5 Å². The molecule has 0 unspecified atom stereocenters. The Morgan fingerprint density at radius 2 is 1.56 bits per heavy atom. The monoisotopic (exact) mass is 831 g/mol. The number of carboxylic acids is 1. The van der Waals surface area contributed by atoms with E-state index in [-0.39, 0.29) is 48.3 Å². The van der Waals surface area contributed by atoms with Crippen molar-refractivity contribution in [1.29, 1.82) is 0 Å². The molecule has 14 nitrogen and oxygen atoms in total. The van der Waals surface area contributed by atoms with Gasteiger partial charge in [-0.1, -0.05) is 92.1 Å². The van der Waals surface area contributed by atoms with Gasteiger partial charge >= 0.3 is 5.97 Å². The predicted molar refractivity (Wildman–Crippen MR) is 232 cm³/mol. The molecule has 4 amide bonds. The molecule has 0 radical (unpaired) electrons. The molecule has 2 rings (SSSR count). The number of hydrogen-bond acceptors (Lipinski definition) is 9. The van der Waals surface area contributed by atoms with Gasteiger partial charge in [0, 0.05) is 34.2 Å². The van der Waals surface area contributed by atoms with E-state index in [1.54, 1.807) is 30.9 Å². The van der Waals surface area contributed by atoms with Crippen molar-refractivity contribution in [2.45, 2.75) is 143 Å². The second-order valence-corrected chi connectivity index (χ2v) is 17.1. The summed E-state index contributed by atoms with van der Waals surface area (Å²) in [5, 5.41) is 19.1. The normalized spacial score (nSPS) is 18.5. The molecule has 14 heteroatoms. The molecule has 0 bridgehead atoms. The van der Waals surface area contributed by atoms with E-state index in [1.165, 1.54) is 7.11 Å². The smallest absolute Gasteiger partial charge is 0.326 e. The number of rotatable bonds is 27. The number of nitrogens with zero attached hydrogens (tertiary/aromatic N) is 3. The fraction of sp³-hybridized carbons (Fsp3) is 0.756. The van der Waals surface area contributed by atoms with Crippen LogP contribution in [0.25, 0.3) is 0 Å². The number of methoxy groups -OCH3 is 2. The van der Waals surface area contributed by atoms with Gasteiger partial charge in [-0.2, -0.15) is 0 Å². The molecule has 1 aromatic rings. The minimum atomic E-state index is -1.14. The Kier molecular flexibility index (Phi) is 22.6. The maximum atomic E-state index is 14.5. The van der Waals surface area contributed by atoms with E-state index < -0.39 is 60.2 Å². The molecule has 0 saturated carbocycles. The molecule has 4 N–H and O–H groups in total. The van der Waals surface area contributed by atoms with E-state index in [0.29, 0.717) is 19.4 Å². The Balaban J connectivity index is 2.25. The number of likely N-dealkylation sites (N-methyl/N-ethyl adjacent to an activating group) is 2. The van der Waals surface area contributed by atoms with Crippen molar-refractivity contribution in [3.05, 3.63) is 35.9 Å². The van der Waals surface area contributed by atoms with Crippen LogP contribution in [0.3, 0.4) is 0 Å². The highest BCUT2D eigenvalue weighted by atomic mass is 16.5. The molecule has 0 aliphatic carbocycles. The van der Waals surface area contributed by atoms with Gasteiger partial charge in [0.15, 0.2) is 0 Å². The molecule has 1 fully saturated rings. The molecular formula is C45H78N6O8. The summed E-state index contributed by atoms with van der Waals surface area (Å²) in [6, 6.07) is 5.88. The van der Waals surface area contributed by atoms with Gasteiger partial charge in [0.1, 0.15) is 12.1 Å². The minimum Gasteiger partial charge on any atom is -0.480 e. The SMILES string of the molecule is CCNCCCCN(C)[C@H](C(=O)N[C@H](C(=O)N(C)[C@@H]([C@@H](C)CC)[C@@H](CC(=O)N1CCC[C@H]1[C@H](OC)[C@@H](C)C(=O)N[C@@H](Cc1ccccc1)C(=O)O)OC)C(C)C)C(C)C. The molecule has 1 saturated heterocycles. The lowest BCUT2D eigenvalue weighted by Crippen LogP contribution is -2.60. The molecule has 59 heavy (non-hydrogen) atoms. The number of unbranched alkanes of at least 4 members (excludes halogenated alkanes) is 1. The average Bonchev–Trinajstić information content (AvgIpc) is 3.68. The Morgan fingerprint density at radius 3 is 2.10 bits per heavy atom. The lowest BCUT2D eigenvalue weighted by molar-refractivity contribution is -0.148. The van der Waals surface area contributed by atoms with E-state index in [1.807, 2.05) is 78.9 Å². The van der Waals surface area contributed by atoms with Gasteiger partial charge in [0.25, 0.3) is 0 Å². The highest BCUT2D eigenvalue weighted by molar-refractivity contribution is 5.90. The molecule has 1 heterocycles. The summed E-state index contributed by atoms with van der Waals surface area (Å²) in [6.45, 7) is 18.8. The summed E-state index contributed by atoms with van der Waals surface area (Å²) in [6.07, 6.45) is 2.76. The van der Waals surface area contributed by atoms with E-state index in [4.69, 9.17) is 9.47 Å². The molecule has 9 atom stereocenters. The summed E-state index contributed by atoms with van der Waals surface area (Å²) >= 11 is 0. The minimum absolute atomic E-state index is 0.0124. The largest absolute Gasteiger partial charge is 0.480 e. The Morgan fingerprint density at radius 1 is 0.898 bits per heavy atom. The molecule has 1 aromatic carbocycles.